The number of aromatic nitrogens is 2. The molecule has 0 saturated carbocycles. The maximum atomic E-state index is 15.0. The first kappa shape index (κ1) is 16.7. The third-order valence-corrected chi connectivity index (χ3v) is 4.06. The highest BCUT2D eigenvalue weighted by Crippen LogP contribution is 2.40. The molecule has 0 saturated heterocycles. The quantitative estimate of drug-likeness (QED) is 0.700. The fraction of sp³-hybridized carbons (Fsp3) is 0.125. The minimum Gasteiger partial charge on any atom is -0.496 e. The number of rotatable bonds is 3. The van der Waals surface area contributed by atoms with Crippen LogP contribution in [0.1, 0.15) is 5.82 Å². The fourth-order valence-corrected chi connectivity index (χ4v) is 2.88. The molecule has 8 heteroatoms. The molecule has 1 heterocycles. The van der Waals surface area contributed by atoms with E-state index in [-0.39, 0.29) is 44.5 Å². The molecule has 1 aromatic heterocycles. The Kier molecular flexibility index (Phi) is 4.43. The van der Waals surface area contributed by atoms with Gasteiger partial charge in [-0.2, -0.15) is 0 Å². The van der Waals surface area contributed by atoms with Crippen LogP contribution in [0, 0.1) is 11.6 Å². The summed E-state index contributed by atoms with van der Waals surface area (Å²) in [4.78, 5) is 18.4. The minimum atomic E-state index is -0.918. The molecule has 0 atom stereocenters. The van der Waals surface area contributed by atoms with Crippen molar-refractivity contribution in [3.8, 4) is 16.9 Å². The van der Waals surface area contributed by atoms with E-state index in [0.717, 1.165) is 6.07 Å². The minimum absolute atomic E-state index is 0.0505. The highest BCUT2D eigenvalue weighted by molar-refractivity contribution is 6.34. The molecule has 0 fully saturated rings. The molecule has 124 valence electrons. The van der Waals surface area contributed by atoms with E-state index in [1.165, 1.54) is 25.3 Å². The fourth-order valence-electron chi connectivity index (χ4n) is 2.46. The Bertz CT molecular complexity index is 1010. The highest BCUT2D eigenvalue weighted by Gasteiger charge is 2.23. The molecule has 0 aliphatic carbocycles. The Hall–Kier alpha value is -2.18. The predicted molar refractivity (Wildman–Crippen MR) is 88.8 cm³/mol. The smallest absolute Gasteiger partial charge is 0.258 e. The summed E-state index contributed by atoms with van der Waals surface area (Å²) >= 11 is 11.8. The van der Waals surface area contributed by atoms with Crippen molar-refractivity contribution < 1.29 is 13.5 Å². The topological polar surface area (TPSA) is 55.0 Å². The van der Waals surface area contributed by atoms with Crippen molar-refractivity contribution in [1.29, 1.82) is 0 Å². The van der Waals surface area contributed by atoms with Crippen LogP contribution in [0.25, 0.3) is 22.0 Å². The van der Waals surface area contributed by atoms with Crippen LogP contribution in [0.4, 0.5) is 8.78 Å². The lowest BCUT2D eigenvalue weighted by molar-refractivity contribution is 0.413. The van der Waals surface area contributed by atoms with E-state index in [1.54, 1.807) is 0 Å². The van der Waals surface area contributed by atoms with Crippen molar-refractivity contribution in [3.05, 3.63) is 57.1 Å². The number of methoxy groups -OCH3 is 1. The molecule has 3 rings (SSSR count). The first-order valence-corrected chi connectivity index (χ1v) is 7.69. The zero-order valence-electron chi connectivity index (χ0n) is 12.3. The summed E-state index contributed by atoms with van der Waals surface area (Å²) in [5, 5.41) is -0.181. The number of nitrogens with one attached hydrogen (secondary N) is 1. The van der Waals surface area contributed by atoms with Crippen LogP contribution in [0.5, 0.6) is 5.75 Å². The van der Waals surface area contributed by atoms with E-state index < -0.39 is 17.2 Å². The first-order valence-electron chi connectivity index (χ1n) is 6.77. The third-order valence-electron chi connectivity index (χ3n) is 3.51. The molecule has 24 heavy (non-hydrogen) atoms. The van der Waals surface area contributed by atoms with Crippen LogP contribution in [-0.2, 0) is 5.88 Å². The summed E-state index contributed by atoms with van der Waals surface area (Å²) in [5.41, 5.74) is -1.18. The van der Waals surface area contributed by atoms with Gasteiger partial charge in [0.1, 0.15) is 22.9 Å². The normalized spacial score (nSPS) is 11.0. The zero-order chi connectivity index (χ0) is 17.4. The monoisotopic (exact) mass is 370 g/mol. The maximum absolute atomic E-state index is 15.0. The summed E-state index contributed by atoms with van der Waals surface area (Å²) in [5.74, 6) is -1.53. The Morgan fingerprint density at radius 2 is 2.04 bits per heavy atom. The Morgan fingerprint density at radius 1 is 1.29 bits per heavy atom. The van der Waals surface area contributed by atoms with E-state index in [2.05, 4.69) is 9.97 Å². The van der Waals surface area contributed by atoms with E-state index in [4.69, 9.17) is 27.9 Å². The number of halogens is 4. The van der Waals surface area contributed by atoms with Gasteiger partial charge >= 0.3 is 0 Å². The number of alkyl halides is 1. The van der Waals surface area contributed by atoms with Crippen molar-refractivity contribution in [2.75, 3.05) is 7.11 Å². The summed E-state index contributed by atoms with van der Waals surface area (Å²) in [6.07, 6.45) is 0. The van der Waals surface area contributed by atoms with Gasteiger partial charge in [0.2, 0.25) is 0 Å². The standard InChI is InChI=1S/C16H10Cl2F2N2O2/c1-24-10-4-2-3-9(19)13(10)12-8(18)5-7-15(14(12)20)21-11(6-17)22-16(7)23/h2-5H,6H2,1H3,(H,21,22,23). The van der Waals surface area contributed by atoms with Gasteiger partial charge in [-0.05, 0) is 18.2 Å². The summed E-state index contributed by atoms with van der Waals surface area (Å²) in [6.45, 7) is 0. The van der Waals surface area contributed by atoms with Crippen LogP contribution in [-0.4, -0.2) is 17.1 Å². The molecule has 3 aromatic rings. The number of benzene rings is 2. The number of hydrogen-bond acceptors (Lipinski definition) is 3. The molecular weight excluding hydrogens is 361 g/mol. The second-order valence-corrected chi connectivity index (χ2v) is 5.58. The Labute approximate surface area is 145 Å². The lowest BCUT2D eigenvalue weighted by Crippen LogP contribution is -2.12. The van der Waals surface area contributed by atoms with Gasteiger partial charge in [0.25, 0.3) is 5.56 Å². The van der Waals surface area contributed by atoms with Crippen LogP contribution in [0.3, 0.4) is 0 Å². The summed E-state index contributed by atoms with van der Waals surface area (Å²) < 4.78 is 34.4. The molecule has 0 radical (unpaired) electrons. The number of fused-ring (bicyclic) bond motifs is 1. The van der Waals surface area contributed by atoms with E-state index in [0.29, 0.717) is 0 Å². The highest BCUT2D eigenvalue weighted by atomic mass is 35.5. The van der Waals surface area contributed by atoms with Gasteiger partial charge in [-0.25, -0.2) is 13.8 Å². The second-order valence-electron chi connectivity index (χ2n) is 4.91. The van der Waals surface area contributed by atoms with Gasteiger partial charge in [0.05, 0.1) is 29.0 Å². The van der Waals surface area contributed by atoms with Crippen molar-refractivity contribution in [1.82, 2.24) is 9.97 Å². The SMILES string of the molecule is COc1cccc(F)c1-c1c(Cl)cc2c(=O)[nH]c(CCl)nc2c1F. The molecule has 0 aliphatic heterocycles. The molecule has 2 aromatic carbocycles. The average Bonchev–Trinajstić information content (AvgIpc) is 2.57. The van der Waals surface area contributed by atoms with Crippen LogP contribution in [0.15, 0.2) is 29.1 Å². The lowest BCUT2D eigenvalue weighted by atomic mass is 10.0. The third kappa shape index (κ3) is 2.61. The van der Waals surface area contributed by atoms with Crippen LogP contribution >= 0.6 is 23.2 Å². The van der Waals surface area contributed by atoms with Gasteiger partial charge in [0, 0.05) is 5.56 Å². The molecule has 0 unspecified atom stereocenters. The lowest BCUT2D eigenvalue weighted by Gasteiger charge is -2.13. The molecule has 1 N–H and O–H groups in total. The van der Waals surface area contributed by atoms with Crippen molar-refractivity contribution in [2.45, 2.75) is 5.88 Å². The van der Waals surface area contributed by atoms with Crippen LogP contribution in [0.2, 0.25) is 5.02 Å². The van der Waals surface area contributed by atoms with Crippen LogP contribution < -0.4 is 10.3 Å². The van der Waals surface area contributed by atoms with Gasteiger partial charge in [-0.15, -0.1) is 11.6 Å². The predicted octanol–water partition coefficient (Wildman–Crippen LogP) is 4.27. The molecule has 0 bridgehead atoms. The molecule has 0 amide bonds. The number of H-pyrrole nitrogens is 1. The average molecular weight is 371 g/mol. The first-order chi connectivity index (χ1) is 11.5. The Balaban J connectivity index is 2.45. The van der Waals surface area contributed by atoms with Gasteiger partial charge in [-0.3, -0.25) is 4.79 Å². The second kappa shape index (κ2) is 6.37. The summed E-state index contributed by atoms with van der Waals surface area (Å²) in [7, 11) is 1.33. The number of nitrogens with zero attached hydrogens (tertiary/aromatic N) is 1. The number of aromatic amines is 1. The van der Waals surface area contributed by atoms with E-state index >= 15 is 4.39 Å². The van der Waals surface area contributed by atoms with Crippen molar-refractivity contribution in [3.63, 3.8) is 0 Å². The zero-order valence-corrected chi connectivity index (χ0v) is 13.8. The van der Waals surface area contributed by atoms with E-state index in [1.807, 2.05) is 0 Å². The largest absolute Gasteiger partial charge is 0.496 e. The van der Waals surface area contributed by atoms with Gasteiger partial charge in [-0.1, -0.05) is 17.7 Å². The van der Waals surface area contributed by atoms with Gasteiger partial charge in [0.15, 0.2) is 5.82 Å². The number of ether oxygens (including phenoxy) is 1. The Morgan fingerprint density at radius 3 is 2.71 bits per heavy atom. The summed E-state index contributed by atoms with van der Waals surface area (Å²) in [6, 6.07) is 5.31. The molecular formula is C16H10Cl2F2N2O2. The molecule has 0 aliphatic rings. The van der Waals surface area contributed by atoms with E-state index in [9.17, 15) is 9.18 Å². The van der Waals surface area contributed by atoms with Crippen molar-refractivity contribution >= 4 is 34.1 Å². The maximum Gasteiger partial charge on any atom is 0.258 e. The van der Waals surface area contributed by atoms with Crippen molar-refractivity contribution in [2.24, 2.45) is 0 Å². The molecule has 0 spiro atoms. The van der Waals surface area contributed by atoms with Gasteiger partial charge < -0.3 is 9.72 Å². The molecule has 4 nitrogen and oxygen atoms in total. The number of hydrogen-bond donors (Lipinski definition) is 1.